The Labute approximate surface area is 269 Å². The van der Waals surface area contributed by atoms with E-state index in [2.05, 4.69) is 0 Å². The van der Waals surface area contributed by atoms with Crippen LogP contribution in [-0.2, 0) is 9.53 Å². The molecule has 0 spiro atoms. The number of ether oxygens (including phenoxy) is 3. The van der Waals surface area contributed by atoms with Gasteiger partial charge in [0.05, 0.1) is 36.6 Å². The summed E-state index contributed by atoms with van der Waals surface area (Å²) < 4.78 is 34.6. The van der Waals surface area contributed by atoms with Crippen LogP contribution in [0.1, 0.15) is 41.0 Å². The molecule has 234 valence electrons. The predicted octanol–water partition coefficient (Wildman–Crippen LogP) is 5.50. The summed E-state index contributed by atoms with van der Waals surface area (Å²) in [7, 11) is 3.06. The van der Waals surface area contributed by atoms with E-state index in [1.54, 1.807) is 31.2 Å². The van der Waals surface area contributed by atoms with E-state index in [1.165, 1.54) is 42.3 Å². The number of hydrogen-bond acceptors (Lipinski definition) is 7. The molecule has 0 saturated carbocycles. The second-order valence-electron chi connectivity index (χ2n) is 10.7. The predicted molar refractivity (Wildman–Crippen MR) is 176 cm³/mol. The fourth-order valence-electron chi connectivity index (χ4n) is 5.92. The zero-order valence-electron chi connectivity index (χ0n) is 26.0. The van der Waals surface area contributed by atoms with Gasteiger partial charge >= 0.3 is 5.97 Å². The van der Waals surface area contributed by atoms with Gasteiger partial charge in [0.1, 0.15) is 11.9 Å². The Morgan fingerprint density at radius 1 is 1.00 bits per heavy atom. The van der Waals surface area contributed by atoms with Gasteiger partial charge in [-0.05, 0) is 68.8 Å². The average molecular weight is 638 g/mol. The summed E-state index contributed by atoms with van der Waals surface area (Å²) in [6.07, 6.45) is 1.84. The van der Waals surface area contributed by atoms with Gasteiger partial charge in [-0.1, -0.05) is 53.8 Å². The zero-order chi connectivity index (χ0) is 32.5. The van der Waals surface area contributed by atoms with E-state index < -0.39 is 12.0 Å². The number of aromatic nitrogens is 2. The molecule has 46 heavy (non-hydrogen) atoms. The molecule has 5 aromatic rings. The van der Waals surface area contributed by atoms with Gasteiger partial charge in [0, 0.05) is 28.2 Å². The zero-order valence-corrected chi connectivity index (χ0v) is 26.9. The van der Waals surface area contributed by atoms with Crippen LogP contribution < -0.4 is 24.4 Å². The van der Waals surface area contributed by atoms with Crippen molar-refractivity contribution in [2.24, 2.45) is 4.99 Å². The molecule has 1 atom stereocenters. The van der Waals surface area contributed by atoms with E-state index in [0.29, 0.717) is 37.7 Å². The number of benzene rings is 3. The molecule has 0 saturated heterocycles. The first-order valence-electron chi connectivity index (χ1n) is 14.7. The number of halogens is 1. The first-order chi connectivity index (χ1) is 22.3. The van der Waals surface area contributed by atoms with E-state index in [0.717, 1.165) is 22.6 Å². The molecule has 3 aromatic carbocycles. The summed E-state index contributed by atoms with van der Waals surface area (Å²) in [5.74, 6) is -0.0516. The van der Waals surface area contributed by atoms with E-state index in [1.807, 2.05) is 67.0 Å². The standard InChI is InChI=1S/C36H32FN3O5S/c1-6-45-35(42)30-31(23-11-8-7-9-12-23)38-36-40(32(30)27-13-10-14-28(43-4)33(27)44-5)34(41)29(46-36)20-24-19-21(2)39(22(24)3)26-17-15-25(37)16-18-26/h7-20,32H,6H2,1-5H3. The molecule has 0 bridgehead atoms. The Kier molecular flexibility index (Phi) is 8.46. The summed E-state index contributed by atoms with van der Waals surface area (Å²) in [5, 5.41) is 0. The van der Waals surface area contributed by atoms with Crippen molar-refractivity contribution in [1.82, 2.24) is 9.13 Å². The van der Waals surface area contributed by atoms with Crippen LogP contribution in [-0.4, -0.2) is 35.9 Å². The average Bonchev–Trinajstić information content (AvgIpc) is 3.53. The first-order valence-corrected chi connectivity index (χ1v) is 15.5. The van der Waals surface area contributed by atoms with Gasteiger partial charge in [0.2, 0.25) is 0 Å². The number of hydrogen-bond donors (Lipinski definition) is 0. The second kappa shape index (κ2) is 12.6. The van der Waals surface area contributed by atoms with Crippen LogP contribution in [0.2, 0.25) is 0 Å². The molecule has 0 fully saturated rings. The monoisotopic (exact) mass is 637 g/mol. The number of aryl methyl sites for hydroxylation is 1. The van der Waals surface area contributed by atoms with Crippen molar-refractivity contribution in [3.63, 3.8) is 0 Å². The highest BCUT2D eigenvalue weighted by Crippen LogP contribution is 2.42. The Hall–Kier alpha value is -5.22. The molecular weight excluding hydrogens is 605 g/mol. The summed E-state index contributed by atoms with van der Waals surface area (Å²) in [6, 6.07) is 22.1. The van der Waals surface area contributed by atoms with Crippen molar-refractivity contribution >= 4 is 29.1 Å². The summed E-state index contributed by atoms with van der Waals surface area (Å²) >= 11 is 1.24. The highest BCUT2D eigenvalue weighted by Gasteiger charge is 2.37. The molecule has 1 aliphatic rings. The number of fused-ring (bicyclic) bond motifs is 1. The number of rotatable bonds is 8. The Bertz CT molecular complexity index is 2160. The van der Waals surface area contributed by atoms with Crippen molar-refractivity contribution in [2.45, 2.75) is 26.8 Å². The second-order valence-corrected chi connectivity index (χ2v) is 11.7. The van der Waals surface area contributed by atoms with Crippen LogP contribution in [0.4, 0.5) is 4.39 Å². The number of carbonyl (C=O) groups is 1. The molecule has 2 aromatic heterocycles. The normalized spacial score (nSPS) is 14.6. The van der Waals surface area contributed by atoms with E-state index >= 15 is 0 Å². The minimum Gasteiger partial charge on any atom is -0.493 e. The maximum absolute atomic E-state index is 14.4. The summed E-state index contributed by atoms with van der Waals surface area (Å²) in [6.45, 7) is 5.79. The Morgan fingerprint density at radius 2 is 1.74 bits per heavy atom. The highest BCUT2D eigenvalue weighted by atomic mass is 32.1. The van der Waals surface area contributed by atoms with Crippen molar-refractivity contribution < 1.29 is 23.4 Å². The lowest BCUT2D eigenvalue weighted by atomic mass is 9.92. The minimum absolute atomic E-state index is 0.139. The van der Waals surface area contributed by atoms with E-state index in [4.69, 9.17) is 19.2 Å². The van der Waals surface area contributed by atoms with Gasteiger partial charge < -0.3 is 18.8 Å². The minimum atomic E-state index is -0.927. The molecule has 0 amide bonds. The van der Waals surface area contributed by atoms with Crippen LogP contribution in [0.25, 0.3) is 17.5 Å². The maximum Gasteiger partial charge on any atom is 0.338 e. The molecule has 0 aliphatic carbocycles. The molecule has 6 rings (SSSR count). The first kappa shape index (κ1) is 30.8. The van der Waals surface area contributed by atoms with Crippen LogP contribution in [0.15, 0.2) is 94.2 Å². The van der Waals surface area contributed by atoms with Crippen molar-refractivity contribution in [1.29, 1.82) is 0 Å². The Morgan fingerprint density at radius 3 is 2.41 bits per heavy atom. The van der Waals surface area contributed by atoms with Crippen molar-refractivity contribution in [2.75, 3.05) is 20.8 Å². The van der Waals surface area contributed by atoms with Crippen LogP contribution in [0.5, 0.6) is 11.5 Å². The fourth-order valence-corrected chi connectivity index (χ4v) is 6.92. The fraction of sp³-hybridized carbons (Fsp3) is 0.194. The van der Waals surface area contributed by atoms with Gasteiger partial charge in [0.25, 0.3) is 5.56 Å². The Balaban J connectivity index is 1.64. The smallest absolute Gasteiger partial charge is 0.338 e. The van der Waals surface area contributed by atoms with Gasteiger partial charge in [-0.2, -0.15) is 0 Å². The van der Waals surface area contributed by atoms with Gasteiger partial charge in [-0.3, -0.25) is 9.36 Å². The van der Waals surface area contributed by atoms with E-state index in [9.17, 15) is 14.0 Å². The number of thiazole rings is 1. The molecule has 3 heterocycles. The summed E-state index contributed by atoms with van der Waals surface area (Å²) in [5.41, 5.74) is 5.03. The van der Waals surface area contributed by atoms with E-state index in [-0.39, 0.29) is 23.6 Å². The highest BCUT2D eigenvalue weighted by molar-refractivity contribution is 7.07. The molecular formula is C36H32FN3O5S. The molecule has 8 nitrogen and oxygen atoms in total. The lowest BCUT2D eigenvalue weighted by Gasteiger charge is -2.27. The van der Waals surface area contributed by atoms with Gasteiger partial charge in [-0.15, -0.1) is 0 Å². The third-order valence-electron chi connectivity index (χ3n) is 7.94. The van der Waals surface area contributed by atoms with Crippen LogP contribution >= 0.6 is 11.3 Å². The molecule has 1 aliphatic heterocycles. The number of para-hydroxylation sites is 1. The molecule has 0 N–H and O–H groups in total. The third kappa shape index (κ3) is 5.34. The van der Waals surface area contributed by atoms with Gasteiger partial charge in [0.15, 0.2) is 16.3 Å². The lowest BCUT2D eigenvalue weighted by Crippen LogP contribution is -2.40. The number of carbonyl (C=O) groups excluding carboxylic acids is 1. The van der Waals surface area contributed by atoms with Crippen molar-refractivity contribution in [3.05, 3.63) is 138 Å². The molecule has 1 unspecified atom stereocenters. The third-order valence-corrected chi connectivity index (χ3v) is 8.93. The van der Waals surface area contributed by atoms with Crippen LogP contribution in [0, 0.1) is 19.7 Å². The quantitative estimate of drug-likeness (QED) is 0.210. The van der Waals surface area contributed by atoms with Gasteiger partial charge in [-0.25, -0.2) is 14.2 Å². The molecule has 0 radical (unpaired) electrons. The molecule has 10 heteroatoms. The largest absolute Gasteiger partial charge is 0.493 e. The van der Waals surface area contributed by atoms with Crippen molar-refractivity contribution in [3.8, 4) is 17.2 Å². The van der Waals surface area contributed by atoms with Crippen LogP contribution in [0.3, 0.4) is 0 Å². The topological polar surface area (TPSA) is 84.1 Å². The lowest BCUT2D eigenvalue weighted by molar-refractivity contribution is -0.138. The SMILES string of the molecule is CCOC(=O)C1=C(c2ccccc2)N=c2sc(=Cc3cc(C)n(-c4ccc(F)cc4)c3C)c(=O)n2C1c1cccc(OC)c1OC. The summed E-state index contributed by atoms with van der Waals surface area (Å²) in [4.78, 5) is 33.6. The number of esters is 1. The number of nitrogens with zero attached hydrogens (tertiary/aromatic N) is 3. The number of methoxy groups -OCH3 is 2. The maximum atomic E-state index is 14.4.